The van der Waals surface area contributed by atoms with Gasteiger partial charge >= 0.3 is 6.09 Å². The fourth-order valence-corrected chi connectivity index (χ4v) is 3.66. The van der Waals surface area contributed by atoms with Gasteiger partial charge in [0, 0.05) is 31.5 Å². The predicted octanol–water partition coefficient (Wildman–Crippen LogP) is 2.45. The number of alkyl halides is 1. The molecule has 2 fully saturated rings. The average Bonchev–Trinajstić information content (AvgIpc) is 3.31. The summed E-state index contributed by atoms with van der Waals surface area (Å²) in [6.07, 6.45) is 7.86. The Morgan fingerprint density at radius 3 is 2.76 bits per heavy atom. The van der Waals surface area contributed by atoms with E-state index in [-0.39, 0.29) is 34.9 Å². The van der Waals surface area contributed by atoms with Crippen molar-refractivity contribution in [3.8, 4) is 0 Å². The first-order valence-electron chi connectivity index (χ1n) is 10.6. The van der Waals surface area contributed by atoms with Gasteiger partial charge < -0.3 is 24.7 Å². The maximum atomic E-state index is 14.2. The van der Waals surface area contributed by atoms with Gasteiger partial charge in [-0.2, -0.15) is 0 Å². The monoisotopic (exact) mass is 457 g/mol. The van der Waals surface area contributed by atoms with E-state index in [4.69, 9.17) is 4.74 Å². The number of anilines is 2. The summed E-state index contributed by atoms with van der Waals surface area (Å²) >= 11 is 0. The van der Waals surface area contributed by atoms with Crippen LogP contribution in [0.15, 0.2) is 30.9 Å². The van der Waals surface area contributed by atoms with Crippen LogP contribution in [-0.4, -0.2) is 56.6 Å². The van der Waals surface area contributed by atoms with Gasteiger partial charge in [0.15, 0.2) is 11.5 Å². The Kier molecular flexibility index (Phi) is 5.48. The van der Waals surface area contributed by atoms with Crippen LogP contribution in [0.5, 0.6) is 0 Å². The highest BCUT2D eigenvalue weighted by Gasteiger charge is 2.29. The van der Waals surface area contributed by atoms with Gasteiger partial charge in [-0.05, 0) is 19.3 Å². The number of carbonyl (C=O) groups is 2. The number of nitrogens with one attached hydrogen (secondary N) is 2. The third-order valence-corrected chi connectivity index (χ3v) is 5.45. The summed E-state index contributed by atoms with van der Waals surface area (Å²) in [6.45, 7) is 0.424. The molecule has 4 heterocycles. The van der Waals surface area contributed by atoms with Gasteiger partial charge in [0.05, 0.1) is 29.8 Å². The molecule has 0 unspecified atom stereocenters. The lowest BCUT2D eigenvalue weighted by atomic mass is 10.3. The highest BCUT2D eigenvalue weighted by Crippen LogP contribution is 2.24. The van der Waals surface area contributed by atoms with Crippen LogP contribution < -0.4 is 15.5 Å². The Morgan fingerprint density at radius 1 is 1.18 bits per heavy atom. The SMILES string of the molecule is O=C(N[C@@H]1CCN(c2cnc(C(=O)Nc3cc(F)c4nc(CF)cn4c3)cn2)C1)OC1CC1. The van der Waals surface area contributed by atoms with Crippen molar-refractivity contribution in [1.82, 2.24) is 24.7 Å². The zero-order valence-electron chi connectivity index (χ0n) is 17.5. The van der Waals surface area contributed by atoms with Gasteiger partial charge in [0.2, 0.25) is 0 Å². The third-order valence-electron chi connectivity index (χ3n) is 5.45. The number of nitrogens with zero attached hydrogens (tertiary/aromatic N) is 5. The van der Waals surface area contributed by atoms with E-state index >= 15 is 0 Å². The van der Waals surface area contributed by atoms with Gasteiger partial charge in [-0.15, -0.1) is 0 Å². The van der Waals surface area contributed by atoms with Crippen LogP contribution in [0.1, 0.15) is 35.4 Å². The number of carbonyl (C=O) groups excluding carboxylic acids is 2. The first kappa shape index (κ1) is 21.0. The third kappa shape index (κ3) is 4.69. The Morgan fingerprint density at radius 2 is 2.03 bits per heavy atom. The van der Waals surface area contributed by atoms with Crippen LogP contribution in [0, 0.1) is 5.82 Å². The van der Waals surface area contributed by atoms with Crippen molar-refractivity contribution in [1.29, 1.82) is 0 Å². The largest absolute Gasteiger partial charge is 0.446 e. The van der Waals surface area contributed by atoms with E-state index in [2.05, 4.69) is 25.6 Å². The summed E-state index contributed by atoms with van der Waals surface area (Å²) in [7, 11) is 0. The van der Waals surface area contributed by atoms with Gasteiger partial charge in [-0.25, -0.2) is 28.5 Å². The lowest BCUT2D eigenvalue weighted by Gasteiger charge is -2.17. The maximum absolute atomic E-state index is 14.2. The van der Waals surface area contributed by atoms with E-state index in [1.165, 1.54) is 29.2 Å². The van der Waals surface area contributed by atoms with E-state index in [0.717, 1.165) is 25.3 Å². The summed E-state index contributed by atoms with van der Waals surface area (Å²) in [5.74, 6) is -0.675. The minimum absolute atomic E-state index is 0.0241. The molecular formula is C21H21F2N7O3. The molecular weight excluding hydrogens is 436 g/mol. The molecule has 5 rings (SSSR count). The van der Waals surface area contributed by atoms with Crippen LogP contribution in [0.3, 0.4) is 0 Å². The van der Waals surface area contributed by atoms with E-state index in [1.54, 1.807) is 0 Å². The van der Waals surface area contributed by atoms with Gasteiger partial charge in [-0.3, -0.25) is 4.79 Å². The molecule has 1 atom stereocenters. The molecule has 33 heavy (non-hydrogen) atoms. The number of fused-ring (bicyclic) bond motifs is 1. The molecule has 1 saturated carbocycles. The van der Waals surface area contributed by atoms with Crippen LogP contribution in [0.25, 0.3) is 5.65 Å². The quantitative estimate of drug-likeness (QED) is 0.585. The zero-order chi connectivity index (χ0) is 22.9. The highest BCUT2D eigenvalue weighted by atomic mass is 19.1. The second kappa shape index (κ2) is 8.60. The number of aromatic nitrogens is 4. The van der Waals surface area contributed by atoms with Crippen LogP contribution in [0.2, 0.25) is 0 Å². The van der Waals surface area contributed by atoms with E-state index in [0.29, 0.717) is 18.9 Å². The molecule has 172 valence electrons. The molecule has 0 aromatic carbocycles. The smallest absolute Gasteiger partial charge is 0.407 e. The minimum atomic E-state index is -0.816. The summed E-state index contributed by atoms with van der Waals surface area (Å²) in [5, 5.41) is 5.41. The van der Waals surface area contributed by atoms with Crippen LogP contribution in [0.4, 0.5) is 25.1 Å². The molecule has 1 aliphatic carbocycles. The number of ether oxygens (including phenoxy) is 1. The molecule has 2 amide bonds. The zero-order valence-corrected chi connectivity index (χ0v) is 17.5. The van der Waals surface area contributed by atoms with Crippen molar-refractivity contribution >= 4 is 29.2 Å². The second-order valence-corrected chi connectivity index (χ2v) is 8.07. The summed E-state index contributed by atoms with van der Waals surface area (Å²) < 4.78 is 33.5. The maximum Gasteiger partial charge on any atom is 0.407 e. The molecule has 2 N–H and O–H groups in total. The van der Waals surface area contributed by atoms with Gasteiger partial charge in [-0.1, -0.05) is 0 Å². The van der Waals surface area contributed by atoms with Crippen molar-refractivity contribution in [2.75, 3.05) is 23.3 Å². The molecule has 0 radical (unpaired) electrons. The Bertz CT molecular complexity index is 1200. The summed E-state index contributed by atoms with van der Waals surface area (Å²) in [4.78, 5) is 38.6. The fourth-order valence-electron chi connectivity index (χ4n) is 3.66. The Labute approximate surface area is 187 Å². The van der Waals surface area contributed by atoms with Crippen molar-refractivity contribution < 1.29 is 23.1 Å². The Hall–Kier alpha value is -3.83. The van der Waals surface area contributed by atoms with Crippen molar-refractivity contribution in [3.05, 3.63) is 48.1 Å². The molecule has 12 heteroatoms. The lowest BCUT2D eigenvalue weighted by molar-refractivity contribution is 0.102. The number of amides is 2. The summed E-state index contributed by atoms with van der Waals surface area (Å²) in [5.41, 5.74) is 0.295. The molecule has 0 bridgehead atoms. The topological polar surface area (TPSA) is 114 Å². The van der Waals surface area contributed by atoms with E-state index in [1.807, 2.05) is 4.90 Å². The van der Waals surface area contributed by atoms with Crippen molar-refractivity contribution in [3.63, 3.8) is 0 Å². The number of halogens is 2. The minimum Gasteiger partial charge on any atom is -0.446 e. The lowest BCUT2D eigenvalue weighted by Crippen LogP contribution is -2.37. The molecule has 2 aliphatic rings. The van der Waals surface area contributed by atoms with Gasteiger partial charge in [0.1, 0.15) is 24.3 Å². The molecule has 1 saturated heterocycles. The van der Waals surface area contributed by atoms with Crippen LogP contribution in [-0.2, 0) is 11.4 Å². The normalized spacial score (nSPS) is 17.9. The number of imidazole rings is 1. The molecule has 10 nitrogen and oxygen atoms in total. The fraction of sp³-hybridized carbons (Fsp3) is 0.381. The molecule has 3 aromatic heterocycles. The molecule has 3 aromatic rings. The average molecular weight is 457 g/mol. The summed E-state index contributed by atoms with van der Waals surface area (Å²) in [6, 6.07) is 1.06. The van der Waals surface area contributed by atoms with Gasteiger partial charge in [0.25, 0.3) is 5.91 Å². The predicted molar refractivity (Wildman–Crippen MR) is 113 cm³/mol. The number of hydrogen-bond donors (Lipinski definition) is 2. The number of alkyl carbamates (subject to hydrolysis) is 1. The molecule has 0 spiro atoms. The standard InChI is InChI=1S/C21H21F2N7O3/c22-6-14-11-30-10-13(5-16(23)19(30)26-14)27-20(31)17-7-25-18(8-24-17)29-4-3-12(9-29)28-21(32)33-15-1-2-15/h5,7-8,10-12,15H,1-4,6,9H2,(H,27,31)(H,28,32)/t12-/m1/s1. The second-order valence-electron chi connectivity index (χ2n) is 8.07. The first-order valence-corrected chi connectivity index (χ1v) is 10.6. The first-order chi connectivity index (χ1) is 16.0. The highest BCUT2D eigenvalue weighted by molar-refractivity contribution is 6.02. The number of hydrogen-bond acceptors (Lipinski definition) is 7. The van der Waals surface area contributed by atoms with E-state index in [9.17, 15) is 18.4 Å². The van der Waals surface area contributed by atoms with Crippen molar-refractivity contribution in [2.45, 2.75) is 38.1 Å². The number of rotatable bonds is 6. The van der Waals surface area contributed by atoms with Crippen LogP contribution >= 0.6 is 0 Å². The Balaban J connectivity index is 1.20. The van der Waals surface area contributed by atoms with E-state index < -0.39 is 24.5 Å². The molecule has 1 aliphatic heterocycles. The number of pyridine rings is 1. The van der Waals surface area contributed by atoms with Crippen molar-refractivity contribution in [2.24, 2.45) is 0 Å².